The summed E-state index contributed by atoms with van der Waals surface area (Å²) in [6, 6.07) is 4.76. The third-order valence-corrected chi connectivity index (χ3v) is 5.62. The molecule has 2 N–H and O–H groups in total. The zero-order chi connectivity index (χ0) is 16.9. The predicted molar refractivity (Wildman–Crippen MR) is 84.5 cm³/mol. The van der Waals surface area contributed by atoms with Gasteiger partial charge < -0.3 is 15.3 Å². The van der Waals surface area contributed by atoms with Crippen molar-refractivity contribution in [3.05, 3.63) is 41.3 Å². The summed E-state index contributed by atoms with van der Waals surface area (Å²) >= 11 is 0. The highest BCUT2D eigenvalue weighted by Gasteiger charge is 2.42. The SMILES string of the molecule is OC(CC1c2c(F)cccc2C2=CNCN21)C1CCC(F)(F)CC1. The number of nitrogens with zero attached hydrogens (tertiary/aromatic N) is 1. The largest absolute Gasteiger partial charge is 0.393 e. The van der Waals surface area contributed by atoms with E-state index in [1.54, 1.807) is 6.07 Å². The zero-order valence-corrected chi connectivity index (χ0v) is 13.3. The molecule has 1 aromatic rings. The van der Waals surface area contributed by atoms with E-state index in [1.165, 1.54) is 6.07 Å². The summed E-state index contributed by atoms with van der Waals surface area (Å²) in [4.78, 5) is 2.05. The van der Waals surface area contributed by atoms with Gasteiger partial charge in [0, 0.05) is 30.2 Å². The molecule has 1 fully saturated rings. The van der Waals surface area contributed by atoms with E-state index in [0.717, 1.165) is 11.3 Å². The second-order valence-electron chi connectivity index (χ2n) is 7.07. The Morgan fingerprint density at radius 2 is 2.04 bits per heavy atom. The maximum absolute atomic E-state index is 14.4. The van der Waals surface area contributed by atoms with Gasteiger partial charge >= 0.3 is 0 Å². The van der Waals surface area contributed by atoms with Crippen molar-refractivity contribution in [3.8, 4) is 0 Å². The van der Waals surface area contributed by atoms with Gasteiger partial charge in [0.25, 0.3) is 0 Å². The summed E-state index contributed by atoms with van der Waals surface area (Å²) in [5, 5.41) is 13.7. The van der Waals surface area contributed by atoms with Gasteiger partial charge in [0.15, 0.2) is 0 Å². The van der Waals surface area contributed by atoms with Gasteiger partial charge in [0.1, 0.15) is 5.82 Å². The van der Waals surface area contributed by atoms with Gasteiger partial charge in [-0.15, -0.1) is 0 Å². The molecule has 1 aliphatic carbocycles. The van der Waals surface area contributed by atoms with Crippen LogP contribution in [-0.4, -0.2) is 28.7 Å². The van der Waals surface area contributed by atoms with Crippen LogP contribution in [0.25, 0.3) is 5.70 Å². The maximum atomic E-state index is 14.4. The monoisotopic (exact) mass is 338 g/mol. The highest BCUT2D eigenvalue weighted by atomic mass is 19.3. The summed E-state index contributed by atoms with van der Waals surface area (Å²) in [5.74, 6) is -3.00. The molecular formula is C18H21F3N2O. The Morgan fingerprint density at radius 3 is 2.79 bits per heavy atom. The third-order valence-electron chi connectivity index (χ3n) is 5.62. The number of fused-ring (bicyclic) bond motifs is 3. The van der Waals surface area contributed by atoms with E-state index >= 15 is 0 Å². The molecule has 130 valence electrons. The van der Waals surface area contributed by atoms with Gasteiger partial charge in [-0.3, -0.25) is 0 Å². The van der Waals surface area contributed by atoms with Gasteiger partial charge in [-0.1, -0.05) is 12.1 Å². The molecule has 4 rings (SSSR count). The lowest BCUT2D eigenvalue weighted by atomic mass is 9.81. The van der Waals surface area contributed by atoms with E-state index in [9.17, 15) is 18.3 Å². The Balaban J connectivity index is 1.54. The number of hydrogen-bond donors (Lipinski definition) is 2. The zero-order valence-electron chi connectivity index (χ0n) is 13.3. The first kappa shape index (κ1) is 15.8. The standard InChI is InChI=1S/C18H21F3N2O/c19-13-3-1-2-12-15-9-22-10-23(15)14(17(12)13)8-16(24)11-4-6-18(20,21)7-5-11/h1-3,9,11,14,16,22,24H,4-8,10H2. The fourth-order valence-corrected chi connectivity index (χ4v) is 4.29. The van der Waals surface area contributed by atoms with Crippen molar-refractivity contribution in [3.63, 3.8) is 0 Å². The van der Waals surface area contributed by atoms with Crippen molar-refractivity contribution in [2.45, 2.75) is 50.2 Å². The number of halogens is 3. The van der Waals surface area contributed by atoms with Crippen LogP contribution in [0.2, 0.25) is 0 Å². The van der Waals surface area contributed by atoms with Crippen LogP contribution in [0.3, 0.4) is 0 Å². The molecule has 2 heterocycles. The Labute approximate surface area is 139 Å². The first-order valence-corrected chi connectivity index (χ1v) is 8.51. The molecule has 2 atom stereocenters. The molecule has 1 aromatic carbocycles. The van der Waals surface area contributed by atoms with Crippen LogP contribution < -0.4 is 5.32 Å². The minimum atomic E-state index is -2.60. The third kappa shape index (κ3) is 2.57. The quantitative estimate of drug-likeness (QED) is 0.884. The van der Waals surface area contributed by atoms with Crippen molar-refractivity contribution in [1.82, 2.24) is 10.2 Å². The van der Waals surface area contributed by atoms with E-state index < -0.39 is 12.0 Å². The van der Waals surface area contributed by atoms with Crippen LogP contribution in [0.5, 0.6) is 0 Å². The first-order chi connectivity index (χ1) is 11.5. The molecular weight excluding hydrogens is 317 g/mol. The van der Waals surface area contributed by atoms with Crippen molar-refractivity contribution >= 4 is 5.70 Å². The smallest absolute Gasteiger partial charge is 0.248 e. The van der Waals surface area contributed by atoms with E-state index in [2.05, 4.69) is 5.32 Å². The van der Waals surface area contributed by atoms with E-state index in [4.69, 9.17) is 0 Å². The average molecular weight is 338 g/mol. The lowest BCUT2D eigenvalue weighted by Gasteiger charge is -2.34. The van der Waals surface area contributed by atoms with Crippen molar-refractivity contribution in [2.24, 2.45) is 5.92 Å². The highest BCUT2D eigenvalue weighted by molar-refractivity contribution is 5.73. The molecule has 0 bridgehead atoms. The molecule has 0 aromatic heterocycles. The van der Waals surface area contributed by atoms with Gasteiger partial charge in [-0.25, -0.2) is 13.2 Å². The van der Waals surface area contributed by atoms with E-state index in [1.807, 2.05) is 17.2 Å². The number of benzene rings is 1. The predicted octanol–water partition coefficient (Wildman–Crippen LogP) is 3.62. The number of aliphatic hydroxyl groups excluding tert-OH is 1. The number of hydrogen-bond acceptors (Lipinski definition) is 3. The molecule has 0 radical (unpaired) electrons. The fraction of sp³-hybridized carbons (Fsp3) is 0.556. The van der Waals surface area contributed by atoms with Crippen LogP contribution in [0.4, 0.5) is 13.2 Å². The minimum Gasteiger partial charge on any atom is -0.393 e. The van der Waals surface area contributed by atoms with Crippen LogP contribution in [0.1, 0.15) is 49.3 Å². The van der Waals surface area contributed by atoms with Gasteiger partial charge in [-0.2, -0.15) is 0 Å². The normalized spacial score (nSPS) is 26.6. The molecule has 0 amide bonds. The van der Waals surface area contributed by atoms with Crippen LogP contribution in [0.15, 0.2) is 24.4 Å². The maximum Gasteiger partial charge on any atom is 0.248 e. The highest BCUT2D eigenvalue weighted by Crippen LogP contribution is 2.47. The average Bonchev–Trinajstić information content (AvgIpc) is 3.11. The van der Waals surface area contributed by atoms with Gasteiger partial charge in [-0.05, 0) is 31.2 Å². The summed E-state index contributed by atoms with van der Waals surface area (Å²) < 4.78 is 41.0. The summed E-state index contributed by atoms with van der Waals surface area (Å²) in [6.45, 7) is 0.573. The topological polar surface area (TPSA) is 35.5 Å². The number of aliphatic hydroxyl groups is 1. The molecule has 1 saturated carbocycles. The van der Waals surface area contributed by atoms with Crippen LogP contribution in [0, 0.1) is 11.7 Å². The summed E-state index contributed by atoms with van der Waals surface area (Å²) in [7, 11) is 0. The van der Waals surface area contributed by atoms with E-state index in [-0.39, 0.29) is 30.6 Å². The Bertz CT molecular complexity index is 666. The number of rotatable bonds is 3. The second kappa shape index (κ2) is 5.69. The lowest BCUT2D eigenvalue weighted by molar-refractivity contribution is -0.0649. The Hall–Kier alpha value is -1.69. The molecule has 6 heteroatoms. The molecule has 0 saturated heterocycles. The van der Waals surface area contributed by atoms with Crippen molar-refractivity contribution < 1.29 is 18.3 Å². The summed E-state index contributed by atoms with van der Waals surface area (Å²) in [6.07, 6.45) is 1.85. The van der Waals surface area contributed by atoms with E-state index in [0.29, 0.717) is 31.5 Å². The van der Waals surface area contributed by atoms with Gasteiger partial charge in [0.05, 0.1) is 24.5 Å². The molecule has 2 aliphatic heterocycles. The number of alkyl halides is 2. The first-order valence-electron chi connectivity index (χ1n) is 8.51. The lowest BCUT2D eigenvalue weighted by Crippen LogP contribution is -2.34. The Morgan fingerprint density at radius 1 is 1.29 bits per heavy atom. The fourth-order valence-electron chi connectivity index (χ4n) is 4.29. The van der Waals surface area contributed by atoms with Gasteiger partial charge in [0.2, 0.25) is 5.92 Å². The van der Waals surface area contributed by atoms with Crippen molar-refractivity contribution in [1.29, 1.82) is 0 Å². The number of nitrogens with one attached hydrogen (secondary N) is 1. The second-order valence-corrected chi connectivity index (χ2v) is 7.07. The van der Waals surface area contributed by atoms with Crippen LogP contribution in [-0.2, 0) is 0 Å². The molecule has 0 spiro atoms. The molecule has 24 heavy (non-hydrogen) atoms. The minimum absolute atomic E-state index is 0.136. The van der Waals surface area contributed by atoms with Crippen molar-refractivity contribution in [2.75, 3.05) is 6.67 Å². The molecule has 2 unspecified atom stereocenters. The molecule has 3 nitrogen and oxygen atoms in total. The van der Waals surface area contributed by atoms with Crippen LogP contribution >= 0.6 is 0 Å². The Kier molecular flexibility index (Phi) is 3.75. The molecule has 3 aliphatic rings. The summed E-state index contributed by atoms with van der Waals surface area (Å²) in [5.41, 5.74) is 2.41.